The summed E-state index contributed by atoms with van der Waals surface area (Å²) in [6.07, 6.45) is 1.46. The first-order valence-electron chi connectivity index (χ1n) is 4.01. The lowest BCUT2D eigenvalue weighted by atomic mass is 10.1. The van der Waals surface area contributed by atoms with Crippen molar-refractivity contribution in [3.05, 3.63) is 23.8 Å². The van der Waals surface area contributed by atoms with Crippen LogP contribution in [-0.2, 0) is 11.2 Å². The molecule has 0 saturated heterocycles. The molecule has 0 fully saturated rings. The largest absolute Gasteiger partial charge is 0.412 e. The van der Waals surface area contributed by atoms with Crippen LogP contribution in [0.3, 0.4) is 0 Å². The molecule has 1 amide bonds. The fourth-order valence-corrected chi connectivity index (χ4v) is 1.14. The third kappa shape index (κ3) is 2.19. The van der Waals surface area contributed by atoms with E-state index in [9.17, 15) is 4.79 Å². The third-order valence-corrected chi connectivity index (χ3v) is 1.81. The molecule has 4 nitrogen and oxygen atoms in total. The number of nitrogens with two attached hydrogens (primary N) is 1. The summed E-state index contributed by atoms with van der Waals surface area (Å²) in [5.74, 6) is 5.60. The van der Waals surface area contributed by atoms with Crippen LogP contribution in [0, 0.1) is 0 Å². The minimum Gasteiger partial charge on any atom is -0.412 e. The number of hydrogen-bond acceptors (Lipinski definition) is 3. The molecule has 13 heavy (non-hydrogen) atoms. The van der Waals surface area contributed by atoms with Crippen LogP contribution in [0.5, 0.6) is 5.75 Å². The van der Waals surface area contributed by atoms with Crippen LogP contribution in [0.15, 0.2) is 18.2 Å². The van der Waals surface area contributed by atoms with Crippen LogP contribution in [0.2, 0.25) is 0 Å². The van der Waals surface area contributed by atoms with Gasteiger partial charge in [-0.15, -0.1) is 0 Å². The lowest BCUT2D eigenvalue weighted by Gasteiger charge is -2.07. The van der Waals surface area contributed by atoms with E-state index >= 15 is 0 Å². The number of benzene rings is 1. The van der Waals surface area contributed by atoms with Gasteiger partial charge in [-0.05, 0) is 30.2 Å². The monoisotopic (exact) mass is 180 g/mol. The van der Waals surface area contributed by atoms with Gasteiger partial charge in [-0.1, -0.05) is 6.92 Å². The van der Waals surface area contributed by atoms with Crippen LogP contribution >= 0.6 is 0 Å². The van der Waals surface area contributed by atoms with E-state index in [1.807, 2.05) is 6.92 Å². The number of carbonyl (C=O) groups excluding carboxylic acids is 1. The molecule has 0 aliphatic carbocycles. The average molecular weight is 180 g/mol. The zero-order valence-electron chi connectivity index (χ0n) is 7.41. The highest BCUT2D eigenvalue weighted by molar-refractivity contribution is 5.73. The van der Waals surface area contributed by atoms with E-state index in [1.54, 1.807) is 18.2 Å². The zero-order valence-corrected chi connectivity index (χ0v) is 7.41. The van der Waals surface area contributed by atoms with Crippen LogP contribution < -0.4 is 16.1 Å². The summed E-state index contributed by atoms with van der Waals surface area (Å²) in [5.41, 5.74) is 1.79. The minimum absolute atomic E-state index is 0.591. The molecule has 0 unspecified atom stereocenters. The summed E-state index contributed by atoms with van der Waals surface area (Å²) in [4.78, 5) is 14.8. The molecule has 0 atom stereocenters. The standard InChI is InChI=1S/C9H12N2O2/c1-2-7-5-8(13-10)3-4-9(7)11-6-12/h3-6H,2,10H2,1H3,(H,11,12). The highest BCUT2D eigenvalue weighted by Crippen LogP contribution is 2.21. The number of carbonyl (C=O) groups is 1. The molecule has 0 saturated carbocycles. The summed E-state index contributed by atoms with van der Waals surface area (Å²) in [5, 5.41) is 2.60. The van der Waals surface area contributed by atoms with Crippen LogP contribution in [-0.4, -0.2) is 6.41 Å². The molecule has 3 N–H and O–H groups in total. The van der Waals surface area contributed by atoms with Crippen molar-refractivity contribution >= 4 is 12.1 Å². The fourth-order valence-electron chi connectivity index (χ4n) is 1.14. The van der Waals surface area contributed by atoms with E-state index < -0.39 is 0 Å². The lowest BCUT2D eigenvalue weighted by Crippen LogP contribution is -2.04. The van der Waals surface area contributed by atoms with Gasteiger partial charge in [0.25, 0.3) is 0 Å². The molecule has 0 radical (unpaired) electrons. The highest BCUT2D eigenvalue weighted by Gasteiger charge is 2.01. The first kappa shape index (κ1) is 9.54. The SMILES string of the molecule is CCc1cc(ON)ccc1NC=O. The second-order valence-electron chi connectivity index (χ2n) is 2.55. The van der Waals surface area contributed by atoms with E-state index in [0.717, 1.165) is 17.7 Å². The van der Waals surface area contributed by atoms with Crippen LogP contribution in [0.25, 0.3) is 0 Å². The lowest BCUT2D eigenvalue weighted by molar-refractivity contribution is -0.105. The maximum absolute atomic E-state index is 10.2. The topological polar surface area (TPSA) is 64.3 Å². The summed E-state index contributed by atoms with van der Waals surface area (Å²) in [6, 6.07) is 5.26. The summed E-state index contributed by atoms with van der Waals surface area (Å²) in [6.45, 7) is 1.99. The van der Waals surface area contributed by atoms with Crippen molar-refractivity contribution in [1.82, 2.24) is 0 Å². The van der Waals surface area contributed by atoms with E-state index in [-0.39, 0.29) is 0 Å². The molecular formula is C9H12N2O2. The number of rotatable bonds is 4. The normalized spacial score (nSPS) is 9.38. The second kappa shape index (κ2) is 4.47. The van der Waals surface area contributed by atoms with E-state index in [4.69, 9.17) is 5.90 Å². The zero-order chi connectivity index (χ0) is 9.68. The Labute approximate surface area is 76.6 Å². The first-order chi connectivity index (χ1) is 6.31. The summed E-state index contributed by atoms with van der Waals surface area (Å²) in [7, 11) is 0. The Kier molecular flexibility index (Phi) is 3.28. The number of anilines is 1. The van der Waals surface area contributed by atoms with E-state index in [2.05, 4.69) is 10.2 Å². The molecule has 0 aliphatic rings. The van der Waals surface area contributed by atoms with Crippen molar-refractivity contribution in [2.24, 2.45) is 5.90 Å². The van der Waals surface area contributed by atoms with Gasteiger partial charge >= 0.3 is 0 Å². The Hall–Kier alpha value is -1.55. The number of nitrogens with one attached hydrogen (secondary N) is 1. The van der Waals surface area contributed by atoms with Gasteiger partial charge in [0, 0.05) is 5.69 Å². The van der Waals surface area contributed by atoms with E-state index in [0.29, 0.717) is 12.2 Å². The van der Waals surface area contributed by atoms with Crippen LogP contribution in [0.4, 0.5) is 5.69 Å². The van der Waals surface area contributed by atoms with Gasteiger partial charge in [0.1, 0.15) is 5.75 Å². The van der Waals surface area contributed by atoms with Crippen molar-refractivity contribution < 1.29 is 9.63 Å². The number of aryl methyl sites for hydroxylation is 1. The first-order valence-corrected chi connectivity index (χ1v) is 4.01. The Morgan fingerprint density at radius 1 is 1.62 bits per heavy atom. The van der Waals surface area contributed by atoms with Crippen molar-refractivity contribution in [1.29, 1.82) is 0 Å². The van der Waals surface area contributed by atoms with Gasteiger partial charge in [-0.2, -0.15) is 5.90 Å². The molecule has 70 valence electrons. The number of amides is 1. The van der Waals surface area contributed by atoms with Gasteiger partial charge in [-0.3, -0.25) is 4.79 Å². The molecule has 0 aromatic heterocycles. The van der Waals surface area contributed by atoms with E-state index in [1.165, 1.54) is 0 Å². The Balaban J connectivity index is 3.00. The predicted octanol–water partition coefficient (Wildman–Crippen LogP) is 1.07. The van der Waals surface area contributed by atoms with Gasteiger partial charge in [-0.25, -0.2) is 0 Å². The molecule has 4 heteroatoms. The molecule has 1 aromatic rings. The quantitative estimate of drug-likeness (QED) is 0.538. The Morgan fingerprint density at radius 3 is 2.92 bits per heavy atom. The molecular weight excluding hydrogens is 168 g/mol. The third-order valence-electron chi connectivity index (χ3n) is 1.81. The van der Waals surface area contributed by atoms with Crippen molar-refractivity contribution in [3.63, 3.8) is 0 Å². The number of hydrogen-bond donors (Lipinski definition) is 2. The molecule has 0 aliphatic heterocycles. The molecule has 0 bridgehead atoms. The van der Waals surface area contributed by atoms with Crippen molar-refractivity contribution in [3.8, 4) is 5.75 Å². The molecule has 1 aromatic carbocycles. The maximum atomic E-state index is 10.2. The Morgan fingerprint density at radius 2 is 2.38 bits per heavy atom. The minimum atomic E-state index is 0.591. The maximum Gasteiger partial charge on any atom is 0.211 e. The predicted molar refractivity (Wildman–Crippen MR) is 50.3 cm³/mol. The van der Waals surface area contributed by atoms with Gasteiger partial charge < -0.3 is 10.2 Å². The van der Waals surface area contributed by atoms with Crippen molar-refractivity contribution in [2.75, 3.05) is 5.32 Å². The van der Waals surface area contributed by atoms with Gasteiger partial charge in [0.05, 0.1) is 0 Å². The molecule has 0 spiro atoms. The van der Waals surface area contributed by atoms with Gasteiger partial charge in [0.15, 0.2) is 0 Å². The van der Waals surface area contributed by atoms with Gasteiger partial charge in [0.2, 0.25) is 6.41 Å². The van der Waals surface area contributed by atoms with Crippen LogP contribution in [0.1, 0.15) is 12.5 Å². The summed E-state index contributed by atoms with van der Waals surface area (Å²) >= 11 is 0. The average Bonchev–Trinajstić information content (AvgIpc) is 2.19. The summed E-state index contributed by atoms with van der Waals surface area (Å²) < 4.78 is 0. The van der Waals surface area contributed by atoms with Crippen molar-refractivity contribution in [2.45, 2.75) is 13.3 Å². The Bertz CT molecular complexity index is 300. The highest BCUT2D eigenvalue weighted by atomic mass is 16.6. The second-order valence-corrected chi connectivity index (χ2v) is 2.55. The smallest absolute Gasteiger partial charge is 0.211 e. The molecule has 1 rings (SSSR count). The fraction of sp³-hybridized carbons (Fsp3) is 0.222. The molecule has 0 heterocycles.